The first-order valence-electron chi connectivity index (χ1n) is 7.84. The second-order valence-corrected chi connectivity index (χ2v) is 6.24. The van der Waals surface area contributed by atoms with E-state index >= 15 is 0 Å². The van der Waals surface area contributed by atoms with Gasteiger partial charge in [0.15, 0.2) is 0 Å². The maximum Gasteiger partial charge on any atom is 0.126 e. The summed E-state index contributed by atoms with van der Waals surface area (Å²) in [6.07, 6.45) is 3.51. The van der Waals surface area contributed by atoms with Gasteiger partial charge in [-0.2, -0.15) is 0 Å². The fraction of sp³-hybridized carbons (Fsp3) is 0.688. The van der Waals surface area contributed by atoms with Gasteiger partial charge in [-0.1, -0.05) is 18.5 Å². The monoisotopic (exact) mass is 311 g/mol. The van der Waals surface area contributed by atoms with Gasteiger partial charge >= 0.3 is 0 Å². The fourth-order valence-corrected chi connectivity index (χ4v) is 2.82. The second kappa shape index (κ2) is 8.57. The number of nitrogens with one attached hydrogen (secondary N) is 1. The van der Waals surface area contributed by atoms with Gasteiger partial charge in [-0.15, -0.1) is 0 Å². The molecule has 4 nitrogen and oxygen atoms in total. The highest BCUT2D eigenvalue weighted by molar-refractivity contribution is 6.31. The number of ether oxygens (including phenoxy) is 1. The van der Waals surface area contributed by atoms with Crippen LogP contribution in [-0.4, -0.2) is 43.2 Å². The molecule has 1 aromatic rings. The molecule has 2 rings (SSSR count). The largest absolute Gasteiger partial charge is 0.381 e. The van der Waals surface area contributed by atoms with E-state index < -0.39 is 0 Å². The number of hydrogen-bond acceptors (Lipinski definition) is 4. The number of nitrogens with zero attached hydrogens (tertiary/aromatic N) is 2. The molecule has 0 aromatic carbocycles. The molecule has 1 fully saturated rings. The van der Waals surface area contributed by atoms with E-state index in [0.29, 0.717) is 5.92 Å². The van der Waals surface area contributed by atoms with E-state index in [4.69, 9.17) is 16.3 Å². The first kappa shape index (κ1) is 16.5. The lowest BCUT2D eigenvalue weighted by Gasteiger charge is -2.27. The molecule has 1 unspecified atom stereocenters. The van der Waals surface area contributed by atoms with Gasteiger partial charge in [0, 0.05) is 26.2 Å². The van der Waals surface area contributed by atoms with Crippen molar-refractivity contribution in [1.29, 1.82) is 0 Å². The topological polar surface area (TPSA) is 37.4 Å². The van der Waals surface area contributed by atoms with Gasteiger partial charge in [0.2, 0.25) is 0 Å². The van der Waals surface area contributed by atoms with E-state index in [9.17, 15) is 0 Å². The van der Waals surface area contributed by atoms with Gasteiger partial charge in [-0.3, -0.25) is 0 Å². The third kappa shape index (κ3) is 5.46. The van der Waals surface area contributed by atoms with Crippen LogP contribution in [0, 0.1) is 5.92 Å². The summed E-state index contributed by atoms with van der Waals surface area (Å²) >= 11 is 6.28. The summed E-state index contributed by atoms with van der Waals surface area (Å²) in [4.78, 5) is 6.92. The first-order valence-corrected chi connectivity index (χ1v) is 8.22. The van der Waals surface area contributed by atoms with Gasteiger partial charge in [-0.05, 0) is 44.4 Å². The molecule has 21 heavy (non-hydrogen) atoms. The first-order chi connectivity index (χ1) is 10.2. The molecule has 5 heteroatoms. The van der Waals surface area contributed by atoms with Crippen LogP contribution in [0.2, 0.25) is 5.02 Å². The lowest BCUT2D eigenvalue weighted by molar-refractivity contribution is 0.0410. The van der Waals surface area contributed by atoms with Crippen molar-refractivity contribution in [3.8, 4) is 0 Å². The van der Waals surface area contributed by atoms with Crippen molar-refractivity contribution in [3.05, 3.63) is 22.8 Å². The lowest BCUT2D eigenvalue weighted by Crippen LogP contribution is -2.31. The molecule has 0 aliphatic carbocycles. The van der Waals surface area contributed by atoms with Gasteiger partial charge in [-0.25, -0.2) is 4.98 Å². The Labute approximate surface area is 132 Å². The molecule has 0 saturated carbocycles. The van der Waals surface area contributed by atoms with E-state index in [1.54, 1.807) is 0 Å². The molecule has 1 aliphatic rings. The summed E-state index contributed by atoms with van der Waals surface area (Å²) in [6.45, 7) is 6.68. The molecule has 1 aliphatic heterocycles. The zero-order chi connectivity index (χ0) is 15.1. The minimum Gasteiger partial charge on any atom is -0.381 e. The number of rotatable bonds is 7. The Balaban J connectivity index is 1.90. The van der Waals surface area contributed by atoms with Crippen molar-refractivity contribution in [3.63, 3.8) is 0 Å². The maximum absolute atomic E-state index is 6.28. The Morgan fingerprint density at radius 1 is 1.48 bits per heavy atom. The number of aromatic nitrogens is 1. The number of anilines is 1. The molecular formula is C16H26ClN3O. The van der Waals surface area contributed by atoms with Crippen molar-refractivity contribution in [2.45, 2.75) is 32.7 Å². The standard InChI is InChI=1S/C16H26ClN3O/c1-3-8-18-16-7-6-14(17)15(19-16)11-20(2)10-13-5-4-9-21-12-13/h6-7,13H,3-5,8-12H2,1-2H3,(H,18,19). The van der Waals surface area contributed by atoms with Crippen molar-refractivity contribution >= 4 is 17.4 Å². The molecule has 1 aromatic heterocycles. The van der Waals surface area contributed by atoms with Crippen LogP contribution in [0.4, 0.5) is 5.82 Å². The summed E-state index contributed by atoms with van der Waals surface area (Å²) in [6, 6.07) is 3.87. The van der Waals surface area contributed by atoms with Gasteiger partial charge in [0.05, 0.1) is 17.3 Å². The molecule has 0 bridgehead atoms. The van der Waals surface area contributed by atoms with E-state index in [1.165, 1.54) is 12.8 Å². The van der Waals surface area contributed by atoms with E-state index in [1.807, 2.05) is 12.1 Å². The number of halogens is 1. The lowest BCUT2D eigenvalue weighted by atomic mass is 10.0. The SMILES string of the molecule is CCCNc1ccc(Cl)c(CN(C)CC2CCCOC2)n1. The highest BCUT2D eigenvalue weighted by Crippen LogP contribution is 2.20. The molecule has 2 heterocycles. The highest BCUT2D eigenvalue weighted by atomic mass is 35.5. The summed E-state index contributed by atoms with van der Waals surface area (Å²) in [5.41, 5.74) is 0.942. The Bertz CT molecular complexity index is 436. The van der Waals surface area contributed by atoms with Crippen molar-refractivity contribution in [2.24, 2.45) is 5.92 Å². The Hall–Kier alpha value is -0.840. The fourth-order valence-electron chi connectivity index (χ4n) is 2.66. The summed E-state index contributed by atoms with van der Waals surface area (Å²) < 4.78 is 5.54. The predicted octanol–water partition coefficient (Wildman–Crippen LogP) is 3.42. The van der Waals surface area contributed by atoms with E-state index in [0.717, 1.165) is 55.8 Å². The normalized spacial score (nSPS) is 19.0. The zero-order valence-corrected chi connectivity index (χ0v) is 13.8. The summed E-state index contributed by atoms with van der Waals surface area (Å²) in [7, 11) is 2.12. The molecule has 1 saturated heterocycles. The highest BCUT2D eigenvalue weighted by Gasteiger charge is 2.17. The van der Waals surface area contributed by atoms with Crippen LogP contribution in [0.1, 0.15) is 31.9 Å². The maximum atomic E-state index is 6.28. The molecule has 1 atom stereocenters. The van der Waals surface area contributed by atoms with Crippen LogP contribution >= 0.6 is 11.6 Å². The van der Waals surface area contributed by atoms with Crippen molar-refractivity contribution < 1.29 is 4.74 Å². The zero-order valence-electron chi connectivity index (χ0n) is 13.1. The van der Waals surface area contributed by atoms with Gasteiger partial charge < -0.3 is 15.0 Å². The average Bonchev–Trinajstić information content (AvgIpc) is 2.49. The number of pyridine rings is 1. The van der Waals surface area contributed by atoms with Crippen LogP contribution in [0.3, 0.4) is 0 Å². The van der Waals surface area contributed by atoms with E-state index in [2.05, 4.69) is 29.2 Å². The molecule has 0 amide bonds. The smallest absolute Gasteiger partial charge is 0.126 e. The minimum absolute atomic E-state index is 0.629. The Morgan fingerprint density at radius 3 is 3.05 bits per heavy atom. The van der Waals surface area contributed by atoms with Crippen LogP contribution in [0.25, 0.3) is 0 Å². The summed E-state index contributed by atoms with van der Waals surface area (Å²) in [5.74, 6) is 1.54. The van der Waals surface area contributed by atoms with Gasteiger partial charge in [0.25, 0.3) is 0 Å². The van der Waals surface area contributed by atoms with Crippen LogP contribution in [0.15, 0.2) is 12.1 Å². The molecule has 0 spiro atoms. The molecular weight excluding hydrogens is 286 g/mol. The Morgan fingerprint density at radius 2 is 2.33 bits per heavy atom. The van der Waals surface area contributed by atoms with Crippen molar-refractivity contribution in [2.75, 3.05) is 38.7 Å². The third-order valence-electron chi connectivity index (χ3n) is 3.72. The quantitative estimate of drug-likeness (QED) is 0.837. The van der Waals surface area contributed by atoms with E-state index in [-0.39, 0.29) is 0 Å². The van der Waals surface area contributed by atoms with Crippen molar-refractivity contribution in [1.82, 2.24) is 9.88 Å². The minimum atomic E-state index is 0.629. The van der Waals surface area contributed by atoms with Crippen LogP contribution in [0.5, 0.6) is 0 Å². The van der Waals surface area contributed by atoms with Crippen LogP contribution < -0.4 is 5.32 Å². The molecule has 118 valence electrons. The third-order valence-corrected chi connectivity index (χ3v) is 4.06. The second-order valence-electron chi connectivity index (χ2n) is 5.83. The Kier molecular flexibility index (Phi) is 6.74. The predicted molar refractivity (Wildman–Crippen MR) is 87.9 cm³/mol. The van der Waals surface area contributed by atoms with Gasteiger partial charge in [0.1, 0.15) is 5.82 Å². The number of hydrogen-bond donors (Lipinski definition) is 1. The summed E-state index contributed by atoms with van der Waals surface area (Å²) in [5, 5.41) is 4.05. The average molecular weight is 312 g/mol. The van der Waals surface area contributed by atoms with Crippen LogP contribution in [-0.2, 0) is 11.3 Å². The molecule has 0 radical (unpaired) electrons. The molecule has 1 N–H and O–H groups in total.